The zero-order chi connectivity index (χ0) is 23.8. The fraction of sp³-hybridized carbons (Fsp3) is 0.0769. The second-order valence-corrected chi connectivity index (χ2v) is 8.41. The molecule has 0 aliphatic carbocycles. The number of nitrogens with one attached hydrogen (secondary N) is 1. The average molecular weight is 482 g/mol. The van der Waals surface area contributed by atoms with E-state index in [1.54, 1.807) is 36.5 Å². The van der Waals surface area contributed by atoms with E-state index in [4.69, 9.17) is 21.6 Å². The fourth-order valence-electron chi connectivity index (χ4n) is 4.08. The molecule has 4 aromatic rings. The molecule has 2 aliphatic heterocycles. The Morgan fingerprint density at radius 3 is 2.54 bits per heavy atom. The standard InChI is InChI=1S/C26H17ClFN7/c27-17-7-10-19-21(11-17)24(20-3-1-2-4-22(20)28)29-12-16-13-30-26(34-23(16)19)33-18-8-5-15(6-9-18)25-31-14-32-35-25/h1-11,13H,12,14H2,(H,30,33,34). The number of benzene rings is 3. The normalized spacial score (nSPS) is 14.0. The lowest BCUT2D eigenvalue weighted by atomic mass is 9.95. The van der Waals surface area contributed by atoms with Crippen LogP contribution in [0.25, 0.3) is 11.3 Å². The minimum Gasteiger partial charge on any atom is -0.324 e. The number of hydrogen-bond acceptors (Lipinski definition) is 7. The Morgan fingerprint density at radius 2 is 1.74 bits per heavy atom. The highest BCUT2D eigenvalue weighted by Crippen LogP contribution is 2.34. The lowest BCUT2D eigenvalue weighted by molar-refractivity contribution is 0.625. The van der Waals surface area contributed by atoms with E-state index in [1.807, 2.05) is 30.3 Å². The molecule has 35 heavy (non-hydrogen) atoms. The summed E-state index contributed by atoms with van der Waals surface area (Å²) in [6.45, 7) is 0.685. The van der Waals surface area contributed by atoms with Crippen molar-refractivity contribution in [2.24, 2.45) is 20.2 Å². The van der Waals surface area contributed by atoms with Crippen LogP contribution in [0.4, 0.5) is 16.0 Å². The average Bonchev–Trinajstić information content (AvgIpc) is 3.37. The van der Waals surface area contributed by atoms with Crippen LogP contribution < -0.4 is 5.32 Å². The second kappa shape index (κ2) is 8.81. The van der Waals surface area contributed by atoms with Gasteiger partial charge in [-0.05, 0) is 48.5 Å². The van der Waals surface area contributed by atoms with Crippen molar-refractivity contribution in [3.63, 3.8) is 0 Å². The molecule has 0 unspecified atom stereocenters. The maximum atomic E-state index is 14.7. The van der Waals surface area contributed by atoms with Gasteiger partial charge in [-0.1, -0.05) is 29.8 Å². The third-order valence-electron chi connectivity index (χ3n) is 5.74. The summed E-state index contributed by atoms with van der Waals surface area (Å²) >= 11 is 6.33. The van der Waals surface area contributed by atoms with Crippen molar-refractivity contribution in [1.82, 2.24) is 9.97 Å². The van der Waals surface area contributed by atoms with E-state index in [2.05, 4.69) is 25.5 Å². The maximum absolute atomic E-state index is 14.7. The first-order valence-corrected chi connectivity index (χ1v) is 11.3. The van der Waals surface area contributed by atoms with Gasteiger partial charge in [0.1, 0.15) is 5.82 Å². The van der Waals surface area contributed by atoms with Crippen LogP contribution in [-0.2, 0) is 6.54 Å². The highest BCUT2D eigenvalue weighted by molar-refractivity contribution is 6.31. The Kier molecular flexibility index (Phi) is 5.35. The quantitative estimate of drug-likeness (QED) is 0.376. The van der Waals surface area contributed by atoms with Crippen LogP contribution in [0.1, 0.15) is 22.3 Å². The number of hydrogen-bond donors (Lipinski definition) is 1. The molecule has 0 bridgehead atoms. The van der Waals surface area contributed by atoms with Gasteiger partial charge < -0.3 is 5.32 Å². The molecule has 0 amide bonds. The molecule has 3 heterocycles. The predicted octanol–water partition coefficient (Wildman–Crippen LogP) is 6.20. The van der Waals surface area contributed by atoms with Crippen molar-refractivity contribution >= 4 is 34.8 Å². The number of aromatic nitrogens is 2. The van der Waals surface area contributed by atoms with E-state index in [-0.39, 0.29) is 5.82 Å². The molecule has 6 rings (SSSR count). The van der Waals surface area contributed by atoms with E-state index < -0.39 is 0 Å². The van der Waals surface area contributed by atoms with Gasteiger partial charge in [-0.3, -0.25) is 4.99 Å². The van der Waals surface area contributed by atoms with Gasteiger partial charge in [0.25, 0.3) is 0 Å². The Hall–Kier alpha value is -4.30. The van der Waals surface area contributed by atoms with Gasteiger partial charge in [0.15, 0.2) is 12.5 Å². The summed E-state index contributed by atoms with van der Waals surface area (Å²) in [6, 6.07) is 19.7. The Bertz CT molecular complexity index is 1540. The molecular weight excluding hydrogens is 465 g/mol. The van der Waals surface area contributed by atoms with Crippen LogP contribution in [0.2, 0.25) is 5.02 Å². The zero-order valence-electron chi connectivity index (χ0n) is 18.3. The van der Waals surface area contributed by atoms with Gasteiger partial charge in [0.2, 0.25) is 5.95 Å². The van der Waals surface area contributed by atoms with Crippen LogP contribution in [0.15, 0.2) is 93.1 Å². The molecule has 0 saturated carbocycles. The minimum atomic E-state index is -0.343. The smallest absolute Gasteiger partial charge is 0.227 e. The molecule has 7 nitrogen and oxygen atoms in total. The fourth-order valence-corrected chi connectivity index (χ4v) is 4.25. The number of fused-ring (bicyclic) bond motifs is 3. The maximum Gasteiger partial charge on any atom is 0.227 e. The van der Waals surface area contributed by atoms with Crippen molar-refractivity contribution in [3.05, 3.63) is 106 Å². The van der Waals surface area contributed by atoms with Gasteiger partial charge in [-0.15, -0.1) is 5.11 Å². The third-order valence-corrected chi connectivity index (χ3v) is 5.98. The molecular formula is C26H17ClFN7. The monoisotopic (exact) mass is 481 g/mol. The van der Waals surface area contributed by atoms with E-state index in [9.17, 15) is 4.39 Å². The van der Waals surface area contributed by atoms with Crippen molar-refractivity contribution < 1.29 is 4.39 Å². The summed E-state index contributed by atoms with van der Waals surface area (Å²) < 4.78 is 14.7. The number of azo groups is 1. The van der Waals surface area contributed by atoms with Crippen LogP contribution in [0.5, 0.6) is 0 Å². The van der Waals surface area contributed by atoms with Crippen LogP contribution in [0, 0.1) is 5.82 Å². The van der Waals surface area contributed by atoms with Crippen molar-refractivity contribution in [1.29, 1.82) is 0 Å². The summed E-state index contributed by atoms with van der Waals surface area (Å²) in [5.74, 6) is 0.716. The van der Waals surface area contributed by atoms with Gasteiger partial charge >= 0.3 is 0 Å². The molecule has 170 valence electrons. The molecule has 0 saturated heterocycles. The number of amidine groups is 1. The lowest BCUT2D eigenvalue weighted by Crippen LogP contribution is -2.07. The molecule has 3 aromatic carbocycles. The zero-order valence-corrected chi connectivity index (χ0v) is 19.0. The van der Waals surface area contributed by atoms with Crippen LogP contribution in [-0.4, -0.2) is 28.2 Å². The first-order chi connectivity index (χ1) is 17.2. The summed E-state index contributed by atoms with van der Waals surface area (Å²) in [6.07, 6.45) is 1.75. The number of aliphatic imine (C=N–C) groups is 2. The number of anilines is 2. The Morgan fingerprint density at radius 1 is 0.886 bits per heavy atom. The predicted molar refractivity (Wildman–Crippen MR) is 134 cm³/mol. The Labute approximate surface area is 205 Å². The van der Waals surface area contributed by atoms with Gasteiger partial charge in [0.05, 0.1) is 18.0 Å². The number of nitrogens with zero attached hydrogens (tertiary/aromatic N) is 6. The van der Waals surface area contributed by atoms with Gasteiger partial charge in [-0.25, -0.2) is 19.4 Å². The summed E-state index contributed by atoms with van der Waals surface area (Å²) in [5, 5.41) is 11.7. The molecule has 0 atom stereocenters. The minimum absolute atomic E-state index is 0.316. The van der Waals surface area contributed by atoms with Crippen LogP contribution in [0.3, 0.4) is 0 Å². The van der Waals surface area contributed by atoms with E-state index in [0.717, 1.165) is 33.6 Å². The Balaban J connectivity index is 1.37. The van der Waals surface area contributed by atoms with Crippen molar-refractivity contribution in [2.45, 2.75) is 6.54 Å². The van der Waals surface area contributed by atoms with Crippen molar-refractivity contribution in [3.8, 4) is 11.3 Å². The highest BCUT2D eigenvalue weighted by atomic mass is 35.5. The first kappa shape index (κ1) is 21.2. The summed E-state index contributed by atoms with van der Waals surface area (Å²) in [5.41, 5.74) is 5.77. The van der Waals surface area contributed by atoms with E-state index >= 15 is 0 Å². The molecule has 1 aromatic heterocycles. The molecule has 9 heteroatoms. The van der Waals surface area contributed by atoms with E-state index in [1.165, 1.54) is 6.07 Å². The topological polar surface area (TPSA) is 87.2 Å². The molecule has 1 N–H and O–H groups in total. The van der Waals surface area contributed by atoms with Crippen LogP contribution >= 0.6 is 11.6 Å². The second-order valence-electron chi connectivity index (χ2n) is 7.97. The summed E-state index contributed by atoms with van der Waals surface area (Å²) in [4.78, 5) is 18.2. The molecule has 0 spiro atoms. The molecule has 0 radical (unpaired) electrons. The third kappa shape index (κ3) is 4.08. The van der Waals surface area contributed by atoms with E-state index in [0.29, 0.717) is 41.3 Å². The highest BCUT2D eigenvalue weighted by Gasteiger charge is 2.23. The largest absolute Gasteiger partial charge is 0.324 e. The number of halogens is 2. The SMILES string of the molecule is Fc1ccccc1C1=NCc2cnc(Nc3ccc(C4=NCN=N4)cc3)nc2-c2ccc(Cl)cc21. The molecule has 2 aliphatic rings. The van der Waals surface area contributed by atoms with Gasteiger partial charge in [0, 0.05) is 44.7 Å². The first-order valence-electron chi connectivity index (χ1n) is 10.9. The van der Waals surface area contributed by atoms with Gasteiger partial charge in [-0.2, -0.15) is 5.11 Å². The number of rotatable bonds is 4. The van der Waals surface area contributed by atoms with Crippen molar-refractivity contribution in [2.75, 3.05) is 12.0 Å². The molecule has 0 fully saturated rings. The summed E-state index contributed by atoms with van der Waals surface area (Å²) in [7, 11) is 0. The lowest BCUT2D eigenvalue weighted by Gasteiger charge is -2.13.